The van der Waals surface area contributed by atoms with Gasteiger partial charge >= 0.3 is 11.9 Å². The number of rotatable bonds is 6. The Balaban J connectivity index is 0.000000300. The fourth-order valence-corrected chi connectivity index (χ4v) is 3.34. The molecule has 0 amide bonds. The van der Waals surface area contributed by atoms with Crippen molar-refractivity contribution >= 4 is 79.2 Å². The molecule has 0 radical (unpaired) electrons. The fourth-order valence-electron chi connectivity index (χ4n) is 2.16. The first-order chi connectivity index (χ1) is 14.3. The van der Waals surface area contributed by atoms with Crippen LogP contribution in [-0.2, 0) is 19.1 Å². The van der Waals surface area contributed by atoms with E-state index in [1.807, 2.05) is 24.3 Å². The molecule has 0 atom stereocenters. The van der Waals surface area contributed by atoms with E-state index in [9.17, 15) is 9.59 Å². The van der Waals surface area contributed by atoms with E-state index in [4.69, 9.17) is 23.2 Å². The highest BCUT2D eigenvalue weighted by Gasteiger charge is 2.08. The number of carbonyl (C=O) groups is 2. The largest absolute Gasteiger partial charge is 0.466 e. The topological polar surface area (TPSA) is 52.6 Å². The van der Waals surface area contributed by atoms with Gasteiger partial charge in [-0.3, -0.25) is 0 Å². The van der Waals surface area contributed by atoms with Crippen molar-refractivity contribution in [2.24, 2.45) is 0 Å². The molecule has 160 valence electrons. The van der Waals surface area contributed by atoms with E-state index < -0.39 is 0 Å². The predicted molar refractivity (Wildman–Crippen MR) is 130 cm³/mol. The average molecular weight is 579 g/mol. The standard InChI is InChI=1S/2C11H10BrClO2/c2*1-15-11(14)9(7-12)5-8-3-2-4-10(13)6-8/h2*2-6H,7H2,1H3/b2*9-5+. The summed E-state index contributed by atoms with van der Waals surface area (Å²) in [7, 11) is 2.72. The summed E-state index contributed by atoms with van der Waals surface area (Å²) in [5, 5.41) is 2.18. The molecule has 0 saturated heterocycles. The number of carbonyl (C=O) groups excluding carboxylic acids is 2. The maximum Gasteiger partial charge on any atom is 0.334 e. The van der Waals surface area contributed by atoms with Crippen LogP contribution in [0.15, 0.2) is 59.7 Å². The van der Waals surface area contributed by atoms with Crippen molar-refractivity contribution in [2.45, 2.75) is 0 Å². The van der Waals surface area contributed by atoms with E-state index in [0.29, 0.717) is 31.9 Å². The van der Waals surface area contributed by atoms with Crippen molar-refractivity contribution in [3.63, 3.8) is 0 Å². The number of esters is 2. The molecule has 0 fully saturated rings. The van der Waals surface area contributed by atoms with Gasteiger partial charge in [0.2, 0.25) is 0 Å². The van der Waals surface area contributed by atoms with Gasteiger partial charge in [-0.25, -0.2) is 9.59 Å². The molecule has 0 heterocycles. The van der Waals surface area contributed by atoms with E-state index in [2.05, 4.69) is 41.3 Å². The third-order valence-electron chi connectivity index (χ3n) is 3.56. The Labute approximate surface area is 203 Å². The van der Waals surface area contributed by atoms with Gasteiger partial charge in [-0.2, -0.15) is 0 Å². The van der Waals surface area contributed by atoms with E-state index >= 15 is 0 Å². The van der Waals surface area contributed by atoms with Crippen LogP contribution < -0.4 is 0 Å². The van der Waals surface area contributed by atoms with Crippen LogP contribution in [-0.4, -0.2) is 36.8 Å². The summed E-state index contributed by atoms with van der Waals surface area (Å²) in [6.45, 7) is 0. The molecule has 0 saturated carbocycles. The van der Waals surface area contributed by atoms with Crippen molar-refractivity contribution < 1.29 is 19.1 Å². The van der Waals surface area contributed by atoms with Gasteiger partial charge in [-0.15, -0.1) is 0 Å². The molecule has 8 heteroatoms. The van der Waals surface area contributed by atoms with Crippen LogP contribution in [0.1, 0.15) is 11.1 Å². The highest BCUT2D eigenvalue weighted by atomic mass is 79.9. The zero-order chi connectivity index (χ0) is 22.5. The molecule has 0 aliphatic rings. The molecular formula is C22H20Br2Cl2O4. The minimum atomic E-state index is -0.341. The second kappa shape index (κ2) is 14.4. The molecule has 2 rings (SSSR count). The quantitative estimate of drug-likeness (QED) is 0.221. The Morgan fingerprint density at radius 2 is 1.17 bits per heavy atom. The van der Waals surface area contributed by atoms with Crippen LogP contribution in [0, 0.1) is 0 Å². The SMILES string of the molecule is COC(=O)/C(=C/c1cccc(Cl)c1)CBr.COC(=O)/C(=C/c1cccc(Cl)c1)CBr. The summed E-state index contributed by atoms with van der Waals surface area (Å²) in [4.78, 5) is 22.6. The number of hydrogen-bond donors (Lipinski definition) is 0. The maximum atomic E-state index is 11.3. The Bertz CT molecular complexity index is 851. The van der Waals surface area contributed by atoms with Crippen LogP contribution in [0.3, 0.4) is 0 Å². The molecule has 4 nitrogen and oxygen atoms in total. The zero-order valence-electron chi connectivity index (χ0n) is 16.3. The maximum absolute atomic E-state index is 11.3. The van der Waals surface area contributed by atoms with E-state index in [1.165, 1.54) is 14.2 Å². The van der Waals surface area contributed by atoms with Gasteiger partial charge in [-0.1, -0.05) is 79.3 Å². The number of methoxy groups -OCH3 is 2. The van der Waals surface area contributed by atoms with Crippen molar-refractivity contribution in [3.8, 4) is 0 Å². The molecule has 0 aliphatic heterocycles. The molecule has 0 bridgehead atoms. The lowest BCUT2D eigenvalue weighted by Gasteiger charge is -2.01. The van der Waals surface area contributed by atoms with E-state index in [0.717, 1.165) is 11.1 Å². The highest BCUT2D eigenvalue weighted by molar-refractivity contribution is 9.09. The van der Waals surface area contributed by atoms with Gasteiger partial charge in [0, 0.05) is 31.9 Å². The number of benzene rings is 2. The monoisotopic (exact) mass is 576 g/mol. The van der Waals surface area contributed by atoms with Gasteiger partial charge in [0.05, 0.1) is 14.2 Å². The first-order valence-electron chi connectivity index (χ1n) is 8.55. The van der Waals surface area contributed by atoms with Gasteiger partial charge in [-0.05, 0) is 47.5 Å². The smallest absolute Gasteiger partial charge is 0.334 e. The number of hydrogen-bond acceptors (Lipinski definition) is 4. The van der Waals surface area contributed by atoms with Gasteiger partial charge in [0.1, 0.15) is 0 Å². The molecule has 0 N–H and O–H groups in total. The molecule has 0 aliphatic carbocycles. The second-order valence-electron chi connectivity index (χ2n) is 5.70. The summed E-state index contributed by atoms with van der Waals surface area (Å²) in [6.07, 6.45) is 3.49. The van der Waals surface area contributed by atoms with Crippen molar-refractivity contribution in [1.82, 2.24) is 0 Å². The minimum Gasteiger partial charge on any atom is -0.466 e. The zero-order valence-corrected chi connectivity index (χ0v) is 21.0. The van der Waals surface area contributed by atoms with Gasteiger partial charge in [0.25, 0.3) is 0 Å². The van der Waals surface area contributed by atoms with Crippen molar-refractivity contribution in [2.75, 3.05) is 24.9 Å². The first kappa shape index (κ1) is 26.4. The second-order valence-corrected chi connectivity index (χ2v) is 7.69. The number of ether oxygens (including phenoxy) is 2. The lowest BCUT2D eigenvalue weighted by atomic mass is 10.1. The van der Waals surface area contributed by atoms with E-state index in [1.54, 1.807) is 36.4 Å². The lowest BCUT2D eigenvalue weighted by Crippen LogP contribution is -2.05. The Hall–Kier alpha value is -1.60. The number of alkyl halides is 2. The molecule has 30 heavy (non-hydrogen) atoms. The first-order valence-corrected chi connectivity index (χ1v) is 11.5. The van der Waals surface area contributed by atoms with Crippen LogP contribution in [0.4, 0.5) is 0 Å². The van der Waals surface area contributed by atoms with Crippen LogP contribution in [0.2, 0.25) is 10.0 Å². The lowest BCUT2D eigenvalue weighted by molar-refractivity contribution is -0.136. The molecule has 0 spiro atoms. The van der Waals surface area contributed by atoms with Crippen LogP contribution >= 0.6 is 55.1 Å². The van der Waals surface area contributed by atoms with E-state index in [-0.39, 0.29) is 11.9 Å². The third kappa shape index (κ3) is 9.47. The van der Waals surface area contributed by atoms with Crippen molar-refractivity contribution in [3.05, 3.63) is 80.8 Å². The van der Waals surface area contributed by atoms with Crippen molar-refractivity contribution in [1.29, 1.82) is 0 Å². The van der Waals surface area contributed by atoms with Gasteiger partial charge < -0.3 is 9.47 Å². The normalized spacial score (nSPS) is 11.3. The molecule has 0 unspecified atom stereocenters. The van der Waals surface area contributed by atoms with Crippen LogP contribution in [0.25, 0.3) is 12.2 Å². The van der Waals surface area contributed by atoms with Crippen LogP contribution in [0.5, 0.6) is 0 Å². The summed E-state index contributed by atoms with van der Waals surface area (Å²) in [5.41, 5.74) is 2.87. The minimum absolute atomic E-state index is 0.341. The van der Waals surface area contributed by atoms with Gasteiger partial charge in [0.15, 0.2) is 0 Å². The average Bonchev–Trinajstić information content (AvgIpc) is 2.75. The number of halogens is 4. The third-order valence-corrected chi connectivity index (χ3v) is 5.24. The summed E-state index contributed by atoms with van der Waals surface area (Å²) < 4.78 is 9.27. The molecule has 2 aromatic carbocycles. The fraction of sp³-hybridized carbons (Fsp3) is 0.182. The summed E-state index contributed by atoms with van der Waals surface area (Å²) in [6, 6.07) is 14.5. The molecule has 2 aromatic rings. The predicted octanol–water partition coefficient (Wildman–Crippen LogP) is 6.58. The Kier molecular flexibility index (Phi) is 12.7. The Morgan fingerprint density at radius 3 is 1.43 bits per heavy atom. The highest BCUT2D eigenvalue weighted by Crippen LogP contribution is 2.16. The summed E-state index contributed by atoms with van der Waals surface area (Å²) >= 11 is 18.1. The molecular weight excluding hydrogens is 559 g/mol. The molecule has 0 aromatic heterocycles. The summed E-state index contributed by atoms with van der Waals surface area (Å²) in [5.74, 6) is -0.682. The Morgan fingerprint density at radius 1 is 0.800 bits per heavy atom.